The predicted octanol–water partition coefficient (Wildman–Crippen LogP) is 2.89. The molecule has 0 aliphatic carbocycles. The molecule has 86 valence electrons. The fourth-order valence-corrected chi connectivity index (χ4v) is 2.28. The van der Waals surface area contributed by atoms with Crippen LogP contribution in [0.25, 0.3) is 0 Å². The third-order valence-electron chi connectivity index (χ3n) is 2.99. The van der Waals surface area contributed by atoms with Crippen LogP contribution in [0.5, 0.6) is 0 Å². The van der Waals surface area contributed by atoms with Crippen LogP contribution in [0.3, 0.4) is 0 Å². The van der Waals surface area contributed by atoms with Gasteiger partial charge in [-0.05, 0) is 37.0 Å². The lowest BCUT2D eigenvalue weighted by molar-refractivity contribution is -0.138. The van der Waals surface area contributed by atoms with Crippen LogP contribution in [0.15, 0.2) is 12.1 Å². The summed E-state index contributed by atoms with van der Waals surface area (Å²) < 4.78 is 0. The third kappa shape index (κ3) is 2.00. The summed E-state index contributed by atoms with van der Waals surface area (Å²) in [5.41, 5.74) is 2.87. The molecule has 1 unspecified atom stereocenters. The van der Waals surface area contributed by atoms with Gasteiger partial charge in [-0.25, -0.2) is 0 Å². The minimum Gasteiger partial charge on any atom is -0.481 e. The number of rotatable bonds is 2. The van der Waals surface area contributed by atoms with Crippen LogP contribution >= 0.6 is 11.6 Å². The molecule has 1 aliphatic heterocycles. The van der Waals surface area contributed by atoms with Gasteiger partial charge in [0.2, 0.25) is 0 Å². The molecule has 0 saturated heterocycles. The molecule has 0 spiro atoms. The maximum absolute atomic E-state index is 10.9. The number of carbonyl (C=O) groups is 1. The molecule has 1 aromatic carbocycles. The van der Waals surface area contributed by atoms with Crippen LogP contribution in [0.4, 0.5) is 5.69 Å². The number of nitrogens with one attached hydrogen (secondary N) is 1. The summed E-state index contributed by atoms with van der Waals surface area (Å²) in [6, 6.07) is 3.70. The highest BCUT2D eigenvalue weighted by Gasteiger charge is 2.19. The Bertz CT molecular complexity index is 431. The van der Waals surface area contributed by atoms with E-state index in [-0.39, 0.29) is 0 Å². The zero-order chi connectivity index (χ0) is 11.7. The largest absolute Gasteiger partial charge is 0.481 e. The van der Waals surface area contributed by atoms with Gasteiger partial charge in [-0.15, -0.1) is 0 Å². The standard InChI is InChI=1S/C12H14ClNO2/c1-7(12(15)16)9-5-8-3-2-4-14-11(8)10(13)6-9/h5-7,14H,2-4H2,1H3,(H,15,16). The van der Waals surface area contributed by atoms with Gasteiger partial charge in [0.05, 0.1) is 16.6 Å². The van der Waals surface area contributed by atoms with E-state index in [4.69, 9.17) is 16.7 Å². The fraction of sp³-hybridized carbons (Fsp3) is 0.417. The van der Waals surface area contributed by atoms with Crippen LogP contribution in [-0.4, -0.2) is 17.6 Å². The monoisotopic (exact) mass is 239 g/mol. The van der Waals surface area contributed by atoms with Crippen molar-refractivity contribution in [2.45, 2.75) is 25.7 Å². The average Bonchev–Trinajstić information content (AvgIpc) is 2.28. The molecule has 0 saturated carbocycles. The van der Waals surface area contributed by atoms with E-state index in [9.17, 15) is 4.79 Å². The Balaban J connectivity index is 2.42. The number of carboxylic acid groups (broad SMARTS) is 1. The number of fused-ring (bicyclic) bond motifs is 1. The molecule has 0 amide bonds. The van der Waals surface area contributed by atoms with Gasteiger partial charge in [-0.3, -0.25) is 4.79 Å². The normalized spacial score (nSPS) is 16.1. The number of hydrogen-bond donors (Lipinski definition) is 2. The Morgan fingerprint density at radius 1 is 1.56 bits per heavy atom. The maximum atomic E-state index is 10.9. The van der Waals surface area contributed by atoms with Crippen molar-refractivity contribution in [3.63, 3.8) is 0 Å². The SMILES string of the molecule is CC(C(=O)O)c1cc(Cl)c2c(c1)CCCN2. The first-order valence-electron chi connectivity index (χ1n) is 5.38. The number of aryl methyl sites for hydroxylation is 1. The van der Waals surface area contributed by atoms with Gasteiger partial charge in [-0.2, -0.15) is 0 Å². The van der Waals surface area contributed by atoms with E-state index in [1.165, 1.54) is 0 Å². The second kappa shape index (κ2) is 4.34. The second-order valence-electron chi connectivity index (χ2n) is 4.13. The lowest BCUT2D eigenvalue weighted by Crippen LogP contribution is -2.14. The van der Waals surface area contributed by atoms with Crippen molar-refractivity contribution in [1.29, 1.82) is 0 Å². The van der Waals surface area contributed by atoms with E-state index in [1.54, 1.807) is 13.0 Å². The van der Waals surface area contributed by atoms with Crippen molar-refractivity contribution >= 4 is 23.3 Å². The second-order valence-corrected chi connectivity index (χ2v) is 4.53. The molecule has 0 fully saturated rings. The lowest BCUT2D eigenvalue weighted by Gasteiger charge is -2.21. The van der Waals surface area contributed by atoms with Gasteiger partial charge in [0.25, 0.3) is 0 Å². The van der Waals surface area contributed by atoms with Crippen molar-refractivity contribution in [1.82, 2.24) is 0 Å². The molecular formula is C12H14ClNO2. The van der Waals surface area contributed by atoms with Crippen LogP contribution in [0, 0.1) is 0 Å². The van der Waals surface area contributed by atoms with E-state index < -0.39 is 11.9 Å². The Morgan fingerprint density at radius 2 is 2.31 bits per heavy atom. The summed E-state index contributed by atoms with van der Waals surface area (Å²) in [7, 11) is 0. The predicted molar refractivity (Wildman–Crippen MR) is 64.3 cm³/mol. The zero-order valence-corrected chi connectivity index (χ0v) is 9.84. The molecule has 0 radical (unpaired) electrons. The van der Waals surface area contributed by atoms with Crippen LogP contribution in [0.2, 0.25) is 5.02 Å². The average molecular weight is 240 g/mol. The number of anilines is 1. The Hall–Kier alpha value is -1.22. The van der Waals surface area contributed by atoms with E-state index in [0.717, 1.165) is 36.2 Å². The molecule has 2 rings (SSSR count). The molecule has 1 heterocycles. The molecule has 3 nitrogen and oxygen atoms in total. The summed E-state index contributed by atoms with van der Waals surface area (Å²) in [6.45, 7) is 2.61. The van der Waals surface area contributed by atoms with Crippen LogP contribution in [0.1, 0.15) is 30.4 Å². The molecule has 1 aromatic rings. The molecule has 1 aliphatic rings. The van der Waals surface area contributed by atoms with E-state index in [0.29, 0.717) is 5.02 Å². The Morgan fingerprint density at radius 3 is 3.00 bits per heavy atom. The van der Waals surface area contributed by atoms with Crippen molar-refractivity contribution in [2.24, 2.45) is 0 Å². The minimum absolute atomic E-state index is 0.510. The van der Waals surface area contributed by atoms with E-state index >= 15 is 0 Å². The molecular weight excluding hydrogens is 226 g/mol. The Kier molecular flexibility index (Phi) is 3.06. The van der Waals surface area contributed by atoms with Gasteiger partial charge >= 0.3 is 5.97 Å². The highest BCUT2D eigenvalue weighted by atomic mass is 35.5. The first-order valence-corrected chi connectivity index (χ1v) is 5.76. The van der Waals surface area contributed by atoms with Crippen molar-refractivity contribution in [3.8, 4) is 0 Å². The smallest absolute Gasteiger partial charge is 0.310 e. The summed E-state index contributed by atoms with van der Waals surface area (Å²) >= 11 is 6.14. The third-order valence-corrected chi connectivity index (χ3v) is 3.29. The lowest BCUT2D eigenvalue weighted by atomic mass is 9.95. The van der Waals surface area contributed by atoms with Crippen LogP contribution in [-0.2, 0) is 11.2 Å². The Labute approximate surface area is 99.4 Å². The molecule has 2 N–H and O–H groups in total. The van der Waals surface area contributed by atoms with Gasteiger partial charge in [0.15, 0.2) is 0 Å². The number of hydrogen-bond acceptors (Lipinski definition) is 2. The molecule has 1 atom stereocenters. The zero-order valence-electron chi connectivity index (χ0n) is 9.09. The number of aliphatic carboxylic acids is 1. The summed E-state index contributed by atoms with van der Waals surface area (Å²) in [4.78, 5) is 10.9. The van der Waals surface area contributed by atoms with Gasteiger partial charge < -0.3 is 10.4 Å². The molecule has 4 heteroatoms. The minimum atomic E-state index is -0.820. The van der Waals surface area contributed by atoms with Gasteiger partial charge in [0, 0.05) is 6.54 Å². The maximum Gasteiger partial charge on any atom is 0.310 e. The van der Waals surface area contributed by atoms with Gasteiger partial charge in [0.1, 0.15) is 0 Å². The van der Waals surface area contributed by atoms with Gasteiger partial charge in [-0.1, -0.05) is 17.7 Å². The highest BCUT2D eigenvalue weighted by Crippen LogP contribution is 2.33. The number of carboxylic acids is 1. The highest BCUT2D eigenvalue weighted by molar-refractivity contribution is 6.33. The topological polar surface area (TPSA) is 49.3 Å². The van der Waals surface area contributed by atoms with E-state index in [2.05, 4.69) is 5.32 Å². The fourth-order valence-electron chi connectivity index (χ4n) is 1.97. The summed E-state index contributed by atoms with van der Waals surface area (Å²) in [5, 5.41) is 12.8. The number of halogens is 1. The molecule has 16 heavy (non-hydrogen) atoms. The van der Waals surface area contributed by atoms with Crippen molar-refractivity contribution < 1.29 is 9.90 Å². The first-order chi connectivity index (χ1) is 7.59. The summed E-state index contributed by atoms with van der Waals surface area (Å²) in [5.74, 6) is -1.33. The molecule has 0 bridgehead atoms. The van der Waals surface area contributed by atoms with Crippen LogP contribution < -0.4 is 5.32 Å². The van der Waals surface area contributed by atoms with Crippen molar-refractivity contribution in [3.05, 3.63) is 28.3 Å². The molecule has 0 aromatic heterocycles. The summed E-state index contributed by atoms with van der Waals surface area (Å²) in [6.07, 6.45) is 2.02. The number of benzene rings is 1. The first kappa shape index (κ1) is 11.3. The van der Waals surface area contributed by atoms with Crippen molar-refractivity contribution in [2.75, 3.05) is 11.9 Å². The van der Waals surface area contributed by atoms with E-state index in [1.807, 2.05) is 6.07 Å². The quantitative estimate of drug-likeness (QED) is 0.834.